The average molecular weight is 347 g/mol. The Bertz CT molecular complexity index is 1060. The molecule has 25 heavy (non-hydrogen) atoms. The van der Waals surface area contributed by atoms with Crippen LogP contribution in [0.5, 0.6) is 0 Å². The number of para-hydroxylation sites is 1. The number of carbonyl (C=O) groups excluding carboxylic acids is 1. The molecule has 0 bridgehead atoms. The first-order chi connectivity index (χ1) is 12.1. The van der Waals surface area contributed by atoms with E-state index in [0.717, 1.165) is 27.5 Å². The van der Waals surface area contributed by atoms with Crippen LogP contribution >= 0.6 is 11.3 Å². The van der Waals surface area contributed by atoms with Crippen molar-refractivity contribution in [3.05, 3.63) is 76.9 Å². The molecule has 5 heteroatoms. The van der Waals surface area contributed by atoms with Gasteiger partial charge < -0.3 is 5.32 Å². The molecule has 2 aromatic heterocycles. The molecule has 0 spiro atoms. The Morgan fingerprint density at radius 1 is 1.08 bits per heavy atom. The van der Waals surface area contributed by atoms with E-state index in [4.69, 9.17) is 0 Å². The van der Waals surface area contributed by atoms with Gasteiger partial charge in [-0.1, -0.05) is 48.0 Å². The lowest BCUT2D eigenvalue weighted by molar-refractivity contribution is 0.102. The third-order valence-electron chi connectivity index (χ3n) is 4.18. The van der Waals surface area contributed by atoms with Gasteiger partial charge >= 0.3 is 0 Å². The van der Waals surface area contributed by atoms with E-state index in [1.54, 1.807) is 0 Å². The van der Waals surface area contributed by atoms with Crippen LogP contribution in [0.1, 0.15) is 21.6 Å². The fraction of sp³-hybridized carbons (Fsp3) is 0.100. The molecule has 0 aliphatic carbocycles. The molecule has 4 nitrogen and oxygen atoms in total. The summed E-state index contributed by atoms with van der Waals surface area (Å²) in [6.07, 6.45) is 1.92. The van der Waals surface area contributed by atoms with Crippen molar-refractivity contribution in [3.8, 4) is 11.3 Å². The second-order valence-corrected chi connectivity index (χ2v) is 6.87. The molecule has 2 aromatic carbocycles. The van der Waals surface area contributed by atoms with Crippen LogP contribution in [0, 0.1) is 13.8 Å². The number of hydrogen-bond acceptors (Lipinski definition) is 3. The predicted molar refractivity (Wildman–Crippen MR) is 102 cm³/mol. The van der Waals surface area contributed by atoms with Crippen LogP contribution in [0.15, 0.2) is 60.1 Å². The van der Waals surface area contributed by atoms with Gasteiger partial charge in [-0.3, -0.25) is 9.20 Å². The average Bonchev–Trinajstić information content (AvgIpc) is 3.18. The largest absolute Gasteiger partial charge is 0.320 e. The minimum absolute atomic E-state index is 0.131. The Labute approximate surface area is 149 Å². The van der Waals surface area contributed by atoms with Crippen molar-refractivity contribution in [1.29, 1.82) is 0 Å². The smallest absolute Gasteiger partial charge is 0.273 e. The summed E-state index contributed by atoms with van der Waals surface area (Å²) in [6, 6.07) is 16.0. The van der Waals surface area contributed by atoms with Gasteiger partial charge in [0, 0.05) is 22.8 Å². The fourth-order valence-electron chi connectivity index (χ4n) is 2.71. The van der Waals surface area contributed by atoms with Crippen LogP contribution in [-0.2, 0) is 0 Å². The normalized spacial score (nSPS) is 11.0. The van der Waals surface area contributed by atoms with Gasteiger partial charge in [0.2, 0.25) is 0 Å². The number of carbonyl (C=O) groups is 1. The molecular weight excluding hydrogens is 330 g/mol. The Balaban J connectivity index is 1.67. The van der Waals surface area contributed by atoms with E-state index in [1.807, 2.05) is 47.2 Å². The fourth-order valence-corrected chi connectivity index (χ4v) is 3.56. The molecule has 1 amide bonds. The summed E-state index contributed by atoms with van der Waals surface area (Å²) >= 11 is 1.47. The molecule has 4 aromatic rings. The van der Waals surface area contributed by atoms with Crippen molar-refractivity contribution < 1.29 is 4.79 Å². The van der Waals surface area contributed by atoms with E-state index in [0.29, 0.717) is 5.69 Å². The molecule has 0 fully saturated rings. The standard InChI is InChI=1S/C20H17N3OS/c1-13-7-9-15(10-8-13)17-11-23-18(12-25-20(23)22-17)19(24)21-16-6-4-3-5-14(16)2/h3-12H,1-2H3,(H,21,24). The number of nitrogens with one attached hydrogen (secondary N) is 1. The molecule has 0 atom stereocenters. The number of benzene rings is 2. The summed E-state index contributed by atoms with van der Waals surface area (Å²) in [5, 5.41) is 4.82. The maximum absolute atomic E-state index is 12.7. The van der Waals surface area contributed by atoms with Crippen LogP contribution in [0.2, 0.25) is 0 Å². The third kappa shape index (κ3) is 2.94. The topological polar surface area (TPSA) is 46.4 Å². The Morgan fingerprint density at radius 2 is 1.84 bits per heavy atom. The highest BCUT2D eigenvalue weighted by atomic mass is 32.1. The minimum Gasteiger partial charge on any atom is -0.320 e. The first kappa shape index (κ1) is 15.6. The lowest BCUT2D eigenvalue weighted by Gasteiger charge is -2.07. The second kappa shape index (κ2) is 6.18. The number of aryl methyl sites for hydroxylation is 2. The van der Waals surface area contributed by atoms with Gasteiger partial charge in [0.05, 0.1) is 5.69 Å². The summed E-state index contributed by atoms with van der Waals surface area (Å²) in [5.41, 5.74) is 5.58. The van der Waals surface area contributed by atoms with Gasteiger partial charge in [-0.25, -0.2) is 4.98 Å². The summed E-state index contributed by atoms with van der Waals surface area (Å²) in [5.74, 6) is -0.131. The van der Waals surface area contributed by atoms with Crippen LogP contribution in [0.25, 0.3) is 16.2 Å². The van der Waals surface area contributed by atoms with Gasteiger partial charge in [-0.15, -0.1) is 11.3 Å². The molecule has 2 heterocycles. The monoisotopic (exact) mass is 347 g/mol. The number of rotatable bonds is 3. The molecule has 0 saturated carbocycles. The van der Waals surface area contributed by atoms with Crippen molar-refractivity contribution in [2.24, 2.45) is 0 Å². The first-order valence-corrected chi connectivity index (χ1v) is 8.90. The zero-order valence-corrected chi connectivity index (χ0v) is 14.8. The molecule has 0 aliphatic heterocycles. The van der Waals surface area contributed by atoms with Crippen molar-refractivity contribution >= 4 is 27.9 Å². The minimum atomic E-state index is -0.131. The SMILES string of the molecule is Cc1ccc(-c2cn3c(C(=O)Nc4ccccc4C)csc3n2)cc1. The summed E-state index contributed by atoms with van der Waals surface area (Å²) in [4.78, 5) is 18.1. The molecule has 0 unspecified atom stereocenters. The quantitative estimate of drug-likeness (QED) is 0.571. The van der Waals surface area contributed by atoms with Crippen molar-refractivity contribution in [1.82, 2.24) is 9.38 Å². The zero-order chi connectivity index (χ0) is 17.4. The van der Waals surface area contributed by atoms with Gasteiger partial charge in [0.1, 0.15) is 5.69 Å². The van der Waals surface area contributed by atoms with E-state index in [-0.39, 0.29) is 5.91 Å². The zero-order valence-electron chi connectivity index (χ0n) is 14.0. The number of fused-ring (bicyclic) bond motifs is 1. The number of imidazole rings is 1. The Kier molecular flexibility index (Phi) is 3.86. The number of nitrogens with zero attached hydrogens (tertiary/aromatic N) is 2. The lowest BCUT2D eigenvalue weighted by Crippen LogP contribution is -2.14. The van der Waals surface area contributed by atoms with Crippen LogP contribution in [0.3, 0.4) is 0 Å². The lowest BCUT2D eigenvalue weighted by atomic mass is 10.1. The highest BCUT2D eigenvalue weighted by Crippen LogP contribution is 2.25. The molecule has 1 N–H and O–H groups in total. The van der Waals surface area contributed by atoms with Crippen molar-refractivity contribution in [2.75, 3.05) is 5.32 Å². The van der Waals surface area contributed by atoms with E-state index in [2.05, 4.69) is 41.5 Å². The summed E-state index contributed by atoms with van der Waals surface area (Å²) in [6.45, 7) is 4.04. The van der Waals surface area contributed by atoms with Gasteiger partial charge in [-0.05, 0) is 25.5 Å². The van der Waals surface area contributed by atoms with E-state index < -0.39 is 0 Å². The highest BCUT2D eigenvalue weighted by Gasteiger charge is 2.16. The van der Waals surface area contributed by atoms with Gasteiger partial charge in [0.15, 0.2) is 4.96 Å². The number of hydrogen-bond donors (Lipinski definition) is 1. The van der Waals surface area contributed by atoms with E-state index in [9.17, 15) is 4.79 Å². The third-order valence-corrected chi connectivity index (χ3v) is 5.02. The van der Waals surface area contributed by atoms with E-state index >= 15 is 0 Å². The van der Waals surface area contributed by atoms with Crippen LogP contribution in [-0.4, -0.2) is 15.3 Å². The van der Waals surface area contributed by atoms with Crippen molar-refractivity contribution in [3.63, 3.8) is 0 Å². The predicted octanol–water partition coefficient (Wildman–Crippen LogP) is 4.93. The maximum Gasteiger partial charge on any atom is 0.273 e. The maximum atomic E-state index is 12.7. The molecule has 0 aliphatic rings. The van der Waals surface area contributed by atoms with Crippen molar-refractivity contribution in [2.45, 2.75) is 13.8 Å². The van der Waals surface area contributed by atoms with E-state index in [1.165, 1.54) is 16.9 Å². The highest BCUT2D eigenvalue weighted by molar-refractivity contribution is 7.15. The first-order valence-electron chi connectivity index (χ1n) is 8.02. The summed E-state index contributed by atoms with van der Waals surface area (Å²) in [7, 11) is 0. The molecule has 124 valence electrons. The van der Waals surface area contributed by atoms with Crippen LogP contribution < -0.4 is 5.32 Å². The Hall–Kier alpha value is -2.92. The number of anilines is 1. The number of aromatic nitrogens is 2. The van der Waals surface area contributed by atoms with Gasteiger partial charge in [-0.2, -0.15) is 0 Å². The molecular formula is C20H17N3OS. The molecule has 0 saturated heterocycles. The van der Waals surface area contributed by atoms with Gasteiger partial charge in [0.25, 0.3) is 5.91 Å². The van der Waals surface area contributed by atoms with Crippen LogP contribution in [0.4, 0.5) is 5.69 Å². The summed E-state index contributed by atoms with van der Waals surface area (Å²) < 4.78 is 1.85. The Morgan fingerprint density at radius 3 is 2.60 bits per heavy atom. The molecule has 0 radical (unpaired) electrons. The number of thiazole rings is 1. The molecule has 4 rings (SSSR count). The second-order valence-electron chi connectivity index (χ2n) is 6.03. The number of amides is 1.